The highest BCUT2D eigenvalue weighted by Gasteiger charge is 2.04. The van der Waals surface area contributed by atoms with E-state index < -0.39 is 0 Å². The van der Waals surface area contributed by atoms with Crippen LogP contribution in [0.15, 0.2) is 29.2 Å². The lowest BCUT2D eigenvalue weighted by molar-refractivity contribution is 0.188. The van der Waals surface area contributed by atoms with Gasteiger partial charge < -0.3 is 5.11 Å². The summed E-state index contributed by atoms with van der Waals surface area (Å²) in [5.41, 5.74) is 1.33. The third-order valence-electron chi connectivity index (χ3n) is 2.81. The van der Waals surface area contributed by atoms with Crippen LogP contribution in [0, 0.1) is 0 Å². The minimum Gasteiger partial charge on any atom is -0.395 e. The van der Waals surface area contributed by atoms with Crippen molar-refractivity contribution in [2.45, 2.75) is 31.2 Å². The SMILES string of the molecule is CCCCN(CCO)Cc1ccc(SC)cc1. The Morgan fingerprint density at radius 1 is 1.18 bits per heavy atom. The Morgan fingerprint density at radius 3 is 2.41 bits per heavy atom. The maximum Gasteiger partial charge on any atom is 0.0558 e. The van der Waals surface area contributed by atoms with Crippen LogP contribution in [0.3, 0.4) is 0 Å². The average Bonchev–Trinajstić information content (AvgIpc) is 2.37. The minimum absolute atomic E-state index is 0.243. The Balaban J connectivity index is 2.51. The summed E-state index contributed by atoms with van der Waals surface area (Å²) in [6.07, 6.45) is 4.49. The Hall–Kier alpha value is -0.510. The Morgan fingerprint density at radius 2 is 1.88 bits per heavy atom. The number of aliphatic hydroxyl groups excluding tert-OH is 1. The van der Waals surface area contributed by atoms with Crippen molar-refractivity contribution in [2.24, 2.45) is 0 Å². The molecular weight excluding hydrogens is 230 g/mol. The number of rotatable bonds is 8. The molecule has 1 N–H and O–H groups in total. The van der Waals surface area contributed by atoms with Gasteiger partial charge in [0.15, 0.2) is 0 Å². The molecule has 1 aromatic rings. The molecule has 2 nitrogen and oxygen atoms in total. The first-order valence-electron chi connectivity index (χ1n) is 6.26. The molecule has 96 valence electrons. The molecule has 0 saturated carbocycles. The standard InChI is InChI=1S/C14H23NOS/c1-3-4-9-15(10-11-16)12-13-5-7-14(17-2)8-6-13/h5-8,16H,3-4,9-12H2,1-2H3. The zero-order valence-electron chi connectivity index (χ0n) is 10.9. The molecule has 1 aromatic carbocycles. The van der Waals surface area contributed by atoms with Crippen LogP contribution in [0.25, 0.3) is 0 Å². The number of nitrogens with zero attached hydrogens (tertiary/aromatic N) is 1. The highest BCUT2D eigenvalue weighted by atomic mass is 32.2. The van der Waals surface area contributed by atoms with Crippen molar-refractivity contribution >= 4 is 11.8 Å². The van der Waals surface area contributed by atoms with E-state index >= 15 is 0 Å². The molecule has 0 fully saturated rings. The fraction of sp³-hybridized carbons (Fsp3) is 0.571. The molecule has 0 saturated heterocycles. The first kappa shape index (κ1) is 14.6. The van der Waals surface area contributed by atoms with Crippen LogP contribution >= 0.6 is 11.8 Å². The molecule has 0 heterocycles. The normalized spacial score (nSPS) is 11.1. The first-order valence-corrected chi connectivity index (χ1v) is 7.48. The fourth-order valence-electron chi connectivity index (χ4n) is 1.78. The lowest BCUT2D eigenvalue weighted by Crippen LogP contribution is -2.27. The average molecular weight is 253 g/mol. The second-order valence-electron chi connectivity index (χ2n) is 4.20. The fourth-order valence-corrected chi connectivity index (χ4v) is 2.19. The van der Waals surface area contributed by atoms with Gasteiger partial charge in [0.05, 0.1) is 6.61 Å². The van der Waals surface area contributed by atoms with E-state index in [0.717, 1.165) is 19.6 Å². The van der Waals surface area contributed by atoms with Gasteiger partial charge in [0, 0.05) is 18.0 Å². The van der Waals surface area contributed by atoms with Crippen LogP contribution < -0.4 is 0 Å². The molecule has 0 atom stereocenters. The van der Waals surface area contributed by atoms with E-state index in [1.54, 1.807) is 11.8 Å². The first-order chi connectivity index (χ1) is 8.30. The van der Waals surface area contributed by atoms with Crippen LogP contribution in [0.5, 0.6) is 0 Å². The molecule has 0 bridgehead atoms. The Labute approximate surface area is 109 Å². The molecular formula is C14H23NOS. The molecule has 0 aromatic heterocycles. The molecule has 0 spiro atoms. The largest absolute Gasteiger partial charge is 0.395 e. The van der Waals surface area contributed by atoms with Crippen molar-refractivity contribution in [3.8, 4) is 0 Å². The van der Waals surface area contributed by atoms with Gasteiger partial charge in [-0.2, -0.15) is 0 Å². The molecule has 0 aliphatic rings. The van der Waals surface area contributed by atoms with Gasteiger partial charge in [-0.25, -0.2) is 0 Å². The molecule has 17 heavy (non-hydrogen) atoms. The summed E-state index contributed by atoms with van der Waals surface area (Å²) in [7, 11) is 0. The molecule has 0 amide bonds. The van der Waals surface area contributed by atoms with Gasteiger partial charge in [-0.3, -0.25) is 4.90 Å². The van der Waals surface area contributed by atoms with Crippen molar-refractivity contribution in [3.63, 3.8) is 0 Å². The van der Waals surface area contributed by atoms with Crippen molar-refractivity contribution in [3.05, 3.63) is 29.8 Å². The monoisotopic (exact) mass is 253 g/mol. The van der Waals surface area contributed by atoms with Gasteiger partial charge in [-0.1, -0.05) is 25.5 Å². The van der Waals surface area contributed by atoms with E-state index in [2.05, 4.69) is 42.3 Å². The second kappa shape index (κ2) is 8.56. The number of aliphatic hydroxyl groups is 1. The van der Waals surface area contributed by atoms with Crippen molar-refractivity contribution in [1.82, 2.24) is 4.90 Å². The summed E-state index contributed by atoms with van der Waals surface area (Å²) in [5.74, 6) is 0. The second-order valence-corrected chi connectivity index (χ2v) is 5.08. The van der Waals surface area contributed by atoms with Crippen molar-refractivity contribution in [2.75, 3.05) is 26.0 Å². The lowest BCUT2D eigenvalue weighted by Gasteiger charge is -2.21. The van der Waals surface area contributed by atoms with Crippen molar-refractivity contribution in [1.29, 1.82) is 0 Å². The van der Waals surface area contributed by atoms with Crippen LogP contribution in [-0.4, -0.2) is 36.0 Å². The maximum atomic E-state index is 9.05. The summed E-state index contributed by atoms with van der Waals surface area (Å²) in [6, 6.07) is 8.69. The Bertz CT molecular complexity index is 300. The number of hydrogen-bond acceptors (Lipinski definition) is 3. The summed E-state index contributed by atoms with van der Waals surface area (Å²) < 4.78 is 0. The zero-order valence-corrected chi connectivity index (χ0v) is 11.7. The molecule has 0 aliphatic carbocycles. The van der Waals surface area contributed by atoms with Gasteiger partial charge in [-0.15, -0.1) is 11.8 Å². The smallest absolute Gasteiger partial charge is 0.0558 e. The molecule has 0 unspecified atom stereocenters. The quantitative estimate of drug-likeness (QED) is 0.720. The Kier molecular flexibility index (Phi) is 7.33. The van der Waals surface area contributed by atoms with E-state index in [4.69, 9.17) is 5.11 Å². The number of thioether (sulfide) groups is 1. The van der Waals surface area contributed by atoms with Gasteiger partial charge in [0.2, 0.25) is 0 Å². The van der Waals surface area contributed by atoms with E-state index in [9.17, 15) is 0 Å². The maximum absolute atomic E-state index is 9.05. The minimum atomic E-state index is 0.243. The van der Waals surface area contributed by atoms with Crippen LogP contribution in [0.1, 0.15) is 25.3 Å². The highest BCUT2D eigenvalue weighted by molar-refractivity contribution is 7.98. The molecule has 3 heteroatoms. The highest BCUT2D eigenvalue weighted by Crippen LogP contribution is 2.15. The third kappa shape index (κ3) is 5.57. The van der Waals surface area contributed by atoms with Crippen LogP contribution in [-0.2, 0) is 6.54 Å². The topological polar surface area (TPSA) is 23.5 Å². The number of hydrogen-bond donors (Lipinski definition) is 1. The summed E-state index contributed by atoms with van der Waals surface area (Å²) in [5, 5.41) is 9.05. The third-order valence-corrected chi connectivity index (χ3v) is 3.55. The van der Waals surface area contributed by atoms with Gasteiger partial charge >= 0.3 is 0 Å². The van der Waals surface area contributed by atoms with E-state index in [-0.39, 0.29) is 6.61 Å². The molecule has 0 aliphatic heterocycles. The zero-order chi connectivity index (χ0) is 12.5. The van der Waals surface area contributed by atoms with Crippen LogP contribution in [0.4, 0.5) is 0 Å². The van der Waals surface area contributed by atoms with E-state index in [0.29, 0.717) is 0 Å². The predicted octanol–water partition coefficient (Wildman–Crippen LogP) is 3.00. The van der Waals surface area contributed by atoms with Gasteiger partial charge in [-0.05, 0) is 36.9 Å². The van der Waals surface area contributed by atoms with Crippen molar-refractivity contribution < 1.29 is 5.11 Å². The van der Waals surface area contributed by atoms with E-state index in [1.807, 2.05) is 0 Å². The lowest BCUT2D eigenvalue weighted by atomic mass is 10.2. The molecule has 1 rings (SSSR count). The predicted molar refractivity (Wildman–Crippen MR) is 75.5 cm³/mol. The van der Waals surface area contributed by atoms with E-state index in [1.165, 1.54) is 23.3 Å². The number of unbranched alkanes of at least 4 members (excludes halogenated alkanes) is 1. The van der Waals surface area contributed by atoms with Gasteiger partial charge in [0.25, 0.3) is 0 Å². The summed E-state index contributed by atoms with van der Waals surface area (Å²) in [4.78, 5) is 3.62. The van der Waals surface area contributed by atoms with Gasteiger partial charge in [0.1, 0.15) is 0 Å². The van der Waals surface area contributed by atoms with Crippen LogP contribution in [0.2, 0.25) is 0 Å². The molecule has 0 radical (unpaired) electrons. The summed E-state index contributed by atoms with van der Waals surface area (Å²) >= 11 is 1.77. The summed E-state index contributed by atoms with van der Waals surface area (Å²) in [6.45, 7) is 5.22. The number of benzene rings is 1.